The molecule has 1 N–H and O–H groups in total. The summed E-state index contributed by atoms with van der Waals surface area (Å²) in [5.41, 5.74) is 2.42. The Morgan fingerprint density at radius 2 is 1.77 bits per heavy atom. The fourth-order valence-corrected chi connectivity index (χ4v) is 2.84. The Labute approximate surface area is 141 Å². The molecular weight excluding hydrogens is 314 g/mol. The Balaban J connectivity index is 1.63. The average molecular weight is 332 g/mol. The first-order valence-electron chi connectivity index (χ1n) is 7.29. The Morgan fingerprint density at radius 1 is 1.05 bits per heavy atom. The molecular formula is C17H18ClN3S. The van der Waals surface area contributed by atoms with E-state index in [4.69, 9.17) is 23.8 Å². The molecule has 1 aliphatic rings. The molecule has 1 heterocycles. The van der Waals surface area contributed by atoms with Crippen LogP contribution in [0.15, 0.2) is 54.6 Å². The van der Waals surface area contributed by atoms with E-state index in [1.54, 1.807) is 0 Å². The van der Waals surface area contributed by atoms with Crippen molar-refractivity contribution in [3.05, 3.63) is 65.2 Å². The van der Waals surface area contributed by atoms with Crippen LogP contribution in [0.25, 0.3) is 0 Å². The van der Waals surface area contributed by atoms with E-state index >= 15 is 0 Å². The predicted octanol–water partition coefficient (Wildman–Crippen LogP) is 3.49. The summed E-state index contributed by atoms with van der Waals surface area (Å²) in [6.45, 7) is 2.57. The predicted molar refractivity (Wildman–Crippen MR) is 96.3 cm³/mol. The number of hydrogen-bond donors (Lipinski definition) is 1. The number of nitrogens with one attached hydrogen (secondary N) is 1. The number of anilines is 1. The maximum atomic E-state index is 5.96. The lowest BCUT2D eigenvalue weighted by molar-refractivity contribution is 0.264. The van der Waals surface area contributed by atoms with Gasteiger partial charge in [-0.1, -0.05) is 41.9 Å². The number of halogens is 1. The highest BCUT2D eigenvalue weighted by atomic mass is 35.5. The first-order chi connectivity index (χ1) is 10.7. The minimum absolute atomic E-state index is 0.737. The van der Waals surface area contributed by atoms with Crippen LogP contribution in [0.4, 0.5) is 5.69 Å². The van der Waals surface area contributed by atoms with Crippen molar-refractivity contribution in [3.8, 4) is 0 Å². The van der Waals surface area contributed by atoms with E-state index in [-0.39, 0.29) is 0 Å². The van der Waals surface area contributed by atoms with Gasteiger partial charge in [-0.2, -0.15) is 0 Å². The van der Waals surface area contributed by atoms with Gasteiger partial charge in [0.2, 0.25) is 0 Å². The minimum atomic E-state index is 0.737. The molecule has 2 aromatic carbocycles. The van der Waals surface area contributed by atoms with Gasteiger partial charge in [0.25, 0.3) is 0 Å². The highest BCUT2D eigenvalue weighted by Gasteiger charge is 2.21. The van der Waals surface area contributed by atoms with Gasteiger partial charge >= 0.3 is 0 Å². The smallest absolute Gasteiger partial charge is 0.175 e. The molecule has 0 aliphatic carbocycles. The minimum Gasteiger partial charge on any atom is -0.349 e. The molecule has 3 rings (SSSR count). The van der Waals surface area contributed by atoms with Gasteiger partial charge in [-0.25, -0.2) is 0 Å². The highest BCUT2D eigenvalue weighted by Crippen LogP contribution is 2.20. The van der Waals surface area contributed by atoms with Gasteiger partial charge in [0.1, 0.15) is 0 Å². The summed E-state index contributed by atoms with van der Waals surface area (Å²) in [5.74, 6) is 0. The molecule has 0 bridgehead atoms. The van der Waals surface area contributed by atoms with Crippen molar-refractivity contribution in [2.45, 2.75) is 6.42 Å². The molecule has 1 saturated heterocycles. The summed E-state index contributed by atoms with van der Waals surface area (Å²) in [6, 6.07) is 18.3. The molecule has 1 aliphatic heterocycles. The van der Waals surface area contributed by atoms with Crippen molar-refractivity contribution in [2.24, 2.45) is 0 Å². The van der Waals surface area contributed by atoms with Crippen molar-refractivity contribution in [1.82, 2.24) is 10.2 Å². The number of rotatable bonds is 4. The maximum Gasteiger partial charge on any atom is 0.175 e. The van der Waals surface area contributed by atoms with Crippen LogP contribution >= 0.6 is 23.8 Å². The Bertz CT molecular complexity index is 630. The Kier molecular flexibility index (Phi) is 4.93. The maximum absolute atomic E-state index is 5.96. The van der Waals surface area contributed by atoms with E-state index in [1.807, 2.05) is 30.3 Å². The summed E-state index contributed by atoms with van der Waals surface area (Å²) in [4.78, 5) is 4.44. The van der Waals surface area contributed by atoms with Crippen LogP contribution in [-0.4, -0.2) is 29.9 Å². The quantitative estimate of drug-likeness (QED) is 0.864. The SMILES string of the molecule is S=C1NCN(CCc2ccccc2)CN1c1ccc(Cl)cc1. The van der Waals surface area contributed by atoms with Crippen molar-refractivity contribution in [1.29, 1.82) is 0 Å². The third-order valence-electron chi connectivity index (χ3n) is 3.74. The van der Waals surface area contributed by atoms with E-state index in [0.717, 1.165) is 42.1 Å². The summed E-state index contributed by atoms with van der Waals surface area (Å²) < 4.78 is 0. The summed E-state index contributed by atoms with van der Waals surface area (Å²) >= 11 is 11.4. The van der Waals surface area contributed by atoms with Crippen LogP contribution in [0.2, 0.25) is 5.02 Å². The summed E-state index contributed by atoms with van der Waals surface area (Å²) in [5, 5.41) is 4.78. The fourth-order valence-electron chi connectivity index (χ4n) is 2.49. The van der Waals surface area contributed by atoms with Gasteiger partial charge in [-0.05, 0) is 48.5 Å². The lowest BCUT2D eigenvalue weighted by Crippen LogP contribution is -2.56. The number of benzene rings is 2. The monoisotopic (exact) mass is 331 g/mol. The normalized spacial score (nSPS) is 15.7. The molecule has 114 valence electrons. The molecule has 5 heteroatoms. The molecule has 0 amide bonds. The van der Waals surface area contributed by atoms with Gasteiger partial charge in [0, 0.05) is 17.3 Å². The van der Waals surface area contributed by atoms with Crippen LogP contribution in [-0.2, 0) is 6.42 Å². The zero-order valence-electron chi connectivity index (χ0n) is 12.2. The van der Waals surface area contributed by atoms with Gasteiger partial charge in [-0.15, -0.1) is 0 Å². The lowest BCUT2D eigenvalue weighted by Gasteiger charge is -2.38. The molecule has 0 unspecified atom stereocenters. The Morgan fingerprint density at radius 3 is 2.50 bits per heavy atom. The third kappa shape index (κ3) is 3.77. The van der Waals surface area contributed by atoms with Crippen LogP contribution in [0.1, 0.15) is 5.56 Å². The van der Waals surface area contributed by atoms with E-state index < -0.39 is 0 Å². The van der Waals surface area contributed by atoms with Crippen LogP contribution in [0.5, 0.6) is 0 Å². The van der Waals surface area contributed by atoms with E-state index in [9.17, 15) is 0 Å². The topological polar surface area (TPSA) is 18.5 Å². The van der Waals surface area contributed by atoms with Gasteiger partial charge in [0.05, 0.1) is 13.3 Å². The average Bonchev–Trinajstić information content (AvgIpc) is 2.56. The van der Waals surface area contributed by atoms with E-state index in [0.29, 0.717) is 0 Å². The van der Waals surface area contributed by atoms with Crippen molar-refractivity contribution in [2.75, 3.05) is 24.8 Å². The molecule has 2 aromatic rings. The first kappa shape index (κ1) is 15.3. The molecule has 22 heavy (non-hydrogen) atoms. The van der Waals surface area contributed by atoms with E-state index in [1.165, 1.54) is 5.56 Å². The van der Waals surface area contributed by atoms with Crippen LogP contribution in [0, 0.1) is 0 Å². The van der Waals surface area contributed by atoms with E-state index in [2.05, 4.69) is 39.4 Å². The van der Waals surface area contributed by atoms with Crippen molar-refractivity contribution >= 4 is 34.6 Å². The number of hydrogen-bond acceptors (Lipinski definition) is 2. The van der Waals surface area contributed by atoms with Gasteiger partial charge in [-0.3, -0.25) is 4.90 Å². The molecule has 0 spiro atoms. The number of nitrogens with zero attached hydrogens (tertiary/aromatic N) is 2. The van der Waals surface area contributed by atoms with Gasteiger partial charge in [0.15, 0.2) is 5.11 Å². The third-order valence-corrected chi connectivity index (χ3v) is 4.35. The second kappa shape index (κ2) is 7.09. The zero-order chi connectivity index (χ0) is 15.4. The second-order valence-electron chi connectivity index (χ2n) is 5.32. The zero-order valence-corrected chi connectivity index (χ0v) is 13.8. The Hall–Kier alpha value is -1.62. The lowest BCUT2D eigenvalue weighted by atomic mass is 10.1. The van der Waals surface area contributed by atoms with Gasteiger partial charge < -0.3 is 10.2 Å². The first-order valence-corrected chi connectivity index (χ1v) is 8.08. The standard InChI is InChI=1S/C17H18ClN3S/c18-15-6-8-16(9-7-15)21-13-20(12-19-17(21)22)11-10-14-4-2-1-3-5-14/h1-9H,10-13H2,(H,19,22). The highest BCUT2D eigenvalue weighted by molar-refractivity contribution is 7.80. The fraction of sp³-hybridized carbons (Fsp3) is 0.235. The molecule has 1 fully saturated rings. The largest absolute Gasteiger partial charge is 0.349 e. The van der Waals surface area contributed by atoms with Crippen LogP contribution in [0.3, 0.4) is 0 Å². The molecule has 0 aromatic heterocycles. The summed E-state index contributed by atoms with van der Waals surface area (Å²) in [7, 11) is 0. The van der Waals surface area contributed by atoms with Crippen LogP contribution < -0.4 is 10.2 Å². The molecule has 3 nitrogen and oxygen atoms in total. The summed E-state index contributed by atoms with van der Waals surface area (Å²) in [6.07, 6.45) is 1.03. The molecule has 0 saturated carbocycles. The van der Waals surface area contributed by atoms with Crippen molar-refractivity contribution in [3.63, 3.8) is 0 Å². The molecule has 0 radical (unpaired) electrons. The number of thiocarbonyl (C=S) groups is 1. The molecule has 0 atom stereocenters. The van der Waals surface area contributed by atoms with Crippen molar-refractivity contribution < 1.29 is 0 Å². The second-order valence-corrected chi connectivity index (χ2v) is 6.14.